The Balaban J connectivity index is 1.79. The van der Waals surface area contributed by atoms with Crippen LogP contribution in [0.3, 0.4) is 0 Å². The molecule has 1 aliphatic carbocycles. The summed E-state index contributed by atoms with van der Waals surface area (Å²) in [5.74, 6) is 0.112. The molecule has 1 amide bonds. The number of hydrogen-bond acceptors (Lipinski definition) is 2. The highest BCUT2D eigenvalue weighted by Gasteiger charge is 2.27. The fourth-order valence-electron chi connectivity index (χ4n) is 2.84. The fraction of sp³-hybridized carbons (Fsp3) is 0.375. The van der Waals surface area contributed by atoms with Crippen LogP contribution in [0, 0.1) is 0 Å². The molecule has 1 aliphatic rings. The van der Waals surface area contributed by atoms with Gasteiger partial charge in [-0.15, -0.1) is 0 Å². The highest BCUT2D eigenvalue weighted by Crippen LogP contribution is 2.33. The number of aromatic amines is 1. The lowest BCUT2D eigenvalue weighted by atomic mass is 10.1. The highest BCUT2D eigenvalue weighted by atomic mass is 79.9. The first-order valence-electron chi connectivity index (χ1n) is 7.30. The summed E-state index contributed by atoms with van der Waals surface area (Å²) in [6.07, 6.45) is 1.82. The number of carbonyl (C=O) groups is 1. The number of benzene rings is 1. The van der Waals surface area contributed by atoms with Crippen LogP contribution in [0.15, 0.2) is 22.7 Å². The molecule has 0 bridgehead atoms. The summed E-state index contributed by atoms with van der Waals surface area (Å²) in [5.41, 5.74) is 3.70. The zero-order valence-corrected chi connectivity index (χ0v) is 14.8. The van der Waals surface area contributed by atoms with Crippen molar-refractivity contribution in [1.82, 2.24) is 15.5 Å². The van der Waals surface area contributed by atoms with Gasteiger partial charge in [0.15, 0.2) is 5.69 Å². The highest BCUT2D eigenvalue weighted by molar-refractivity contribution is 9.10. The Hall–Kier alpha value is -1.33. The smallest absolute Gasteiger partial charge is 0.273 e. The van der Waals surface area contributed by atoms with E-state index in [0.717, 1.165) is 33.6 Å². The van der Waals surface area contributed by atoms with E-state index in [1.165, 1.54) is 5.56 Å². The van der Waals surface area contributed by atoms with Crippen LogP contribution in [0.25, 0.3) is 0 Å². The van der Waals surface area contributed by atoms with Crippen molar-refractivity contribution >= 4 is 33.4 Å². The normalized spacial score (nSPS) is 16.9. The maximum absolute atomic E-state index is 12.5. The molecular weight excluding hydrogens is 366 g/mol. The van der Waals surface area contributed by atoms with E-state index in [4.69, 9.17) is 11.6 Å². The first kappa shape index (κ1) is 15.6. The van der Waals surface area contributed by atoms with Gasteiger partial charge in [0, 0.05) is 5.02 Å². The Morgan fingerprint density at radius 2 is 2.27 bits per heavy atom. The van der Waals surface area contributed by atoms with E-state index < -0.39 is 0 Å². The van der Waals surface area contributed by atoms with Crippen LogP contribution < -0.4 is 5.32 Å². The van der Waals surface area contributed by atoms with Crippen molar-refractivity contribution in [3.63, 3.8) is 0 Å². The molecule has 0 saturated heterocycles. The number of nitrogens with zero attached hydrogens (tertiary/aromatic N) is 1. The molecule has 0 saturated carbocycles. The van der Waals surface area contributed by atoms with E-state index in [1.54, 1.807) is 0 Å². The molecule has 4 nitrogen and oxygen atoms in total. The van der Waals surface area contributed by atoms with E-state index in [0.29, 0.717) is 5.69 Å². The Kier molecular flexibility index (Phi) is 4.28. The van der Waals surface area contributed by atoms with Crippen LogP contribution in [-0.2, 0) is 6.42 Å². The van der Waals surface area contributed by atoms with E-state index >= 15 is 0 Å². The van der Waals surface area contributed by atoms with Gasteiger partial charge in [-0.1, -0.05) is 31.5 Å². The predicted octanol–water partition coefficient (Wildman–Crippen LogP) is 4.37. The number of H-pyrrole nitrogens is 1. The van der Waals surface area contributed by atoms with Gasteiger partial charge in [-0.2, -0.15) is 5.10 Å². The van der Waals surface area contributed by atoms with Gasteiger partial charge in [0.2, 0.25) is 0 Å². The SMILES string of the molecule is CC(C)c1[nH]nc(C(=O)NC2CCc3cc(Cl)ccc32)c1Br. The molecule has 0 aliphatic heterocycles. The van der Waals surface area contributed by atoms with Gasteiger partial charge in [-0.25, -0.2) is 0 Å². The van der Waals surface area contributed by atoms with Gasteiger partial charge < -0.3 is 5.32 Å². The largest absolute Gasteiger partial charge is 0.344 e. The Morgan fingerprint density at radius 1 is 1.50 bits per heavy atom. The van der Waals surface area contributed by atoms with E-state index in [1.807, 2.05) is 18.2 Å². The van der Waals surface area contributed by atoms with Gasteiger partial charge in [0.25, 0.3) is 5.91 Å². The molecule has 2 aromatic rings. The molecule has 22 heavy (non-hydrogen) atoms. The molecule has 1 aromatic heterocycles. The summed E-state index contributed by atoms with van der Waals surface area (Å²) in [4.78, 5) is 12.5. The van der Waals surface area contributed by atoms with Crippen LogP contribution in [0.4, 0.5) is 0 Å². The van der Waals surface area contributed by atoms with Crippen molar-refractivity contribution in [2.75, 3.05) is 0 Å². The Bertz CT molecular complexity index is 726. The number of fused-ring (bicyclic) bond motifs is 1. The molecule has 0 fully saturated rings. The molecule has 0 spiro atoms. The van der Waals surface area contributed by atoms with Crippen molar-refractivity contribution in [3.8, 4) is 0 Å². The van der Waals surface area contributed by atoms with Crippen LogP contribution >= 0.6 is 27.5 Å². The molecular formula is C16H17BrClN3O. The summed E-state index contributed by atoms with van der Waals surface area (Å²) >= 11 is 9.49. The maximum Gasteiger partial charge on any atom is 0.273 e. The molecule has 1 heterocycles. The number of hydrogen-bond donors (Lipinski definition) is 2. The average molecular weight is 383 g/mol. The molecule has 6 heteroatoms. The molecule has 1 unspecified atom stereocenters. The number of rotatable bonds is 3. The van der Waals surface area contributed by atoms with E-state index in [9.17, 15) is 4.79 Å². The van der Waals surface area contributed by atoms with Gasteiger partial charge in [0.1, 0.15) is 0 Å². The second-order valence-electron chi connectivity index (χ2n) is 5.86. The summed E-state index contributed by atoms with van der Waals surface area (Å²) in [5, 5.41) is 10.9. The quantitative estimate of drug-likeness (QED) is 0.828. The van der Waals surface area contributed by atoms with Crippen molar-refractivity contribution in [3.05, 3.63) is 50.2 Å². The monoisotopic (exact) mass is 381 g/mol. The Labute approximate surface area is 142 Å². The van der Waals surface area contributed by atoms with Crippen LogP contribution in [-0.4, -0.2) is 16.1 Å². The van der Waals surface area contributed by atoms with Crippen LogP contribution in [0.1, 0.15) is 59.5 Å². The lowest BCUT2D eigenvalue weighted by Crippen LogP contribution is -2.27. The minimum atomic E-state index is -0.164. The zero-order chi connectivity index (χ0) is 15.9. The lowest BCUT2D eigenvalue weighted by Gasteiger charge is -2.13. The van der Waals surface area contributed by atoms with Crippen molar-refractivity contribution in [1.29, 1.82) is 0 Å². The number of amides is 1. The van der Waals surface area contributed by atoms with Crippen LogP contribution in [0.5, 0.6) is 0 Å². The minimum absolute atomic E-state index is 0.0193. The summed E-state index contributed by atoms with van der Waals surface area (Å²) < 4.78 is 0.745. The summed E-state index contributed by atoms with van der Waals surface area (Å²) in [6, 6.07) is 5.86. The second kappa shape index (κ2) is 6.05. The molecule has 3 rings (SSSR count). The summed E-state index contributed by atoms with van der Waals surface area (Å²) in [6.45, 7) is 4.10. The number of carbonyl (C=O) groups excluding carboxylic acids is 1. The van der Waals surface area contributed by atoms with Gasteiger partial charge in [0.05, 0.1) is 16.2 Å². The van der Waals surface area contributed by atoms with E-state index in [2.05, 4.69) is 45.3 Å². The number of nitrogens with one attached hydrogen (secondary N) is 2. The molecule has 1 atom stereocenters. The fourth-order valence-corrected chi connectivity index (χ4v) is 3.85. The standard InChI is InChI=1S/C16H17BrClN3O/c1-8(2)14-13(17)15(21-20-14)16(22)19-12-6-3-9-7-10(18)4-5-11(9)12/h4-5,7-8,12H,3,6H2,1-2H3,(H,19,22)(H,20,21). The molecule has 2 N–H and O–H groups in total. The molecule has 1 aromatic carbocycles. The van der Waals surface area contributed by atoms with Crippen molar-refractivity contribution in [2.45, 2.75) is 38.6 Å². The number of halogens is 2. The summed E-state index contributed by atoms with van der Waals surface area (Å²) in [7, 11) is 0. The van der Waals surface area contributed by atoms with Crippen molar-refractivity contribution in [2.24, 2.45) is 0 Å². The maximum atomic E-state index is 12.5. The number of aromatic nitrogens is 2. The topological polar surface area (TPSA) is 57.8 Å². The average Bonchev–Trinajstić information content (AvgIpc) is 3.02. The molecule has 0 radical (unpaired) electrons. The van der Waals surface area contributed by atoms with Gasteiger partial charge in [-0.05, 0) is 57.9 Å². The Morgan fingerprint density at radius 3 is 2.95 bits per heavy atom. The van der Waals surface area contributed by atoms with Gasteiger partial charge in [-0.3, -0.25) is 9.89 Å². The lowest BCUT2D eigenvalue weighted by molar-refractivity contribution is 0.0931. The van der Waals surface area contributed by atoms with Crippen LogP contribution in [0.2, 0.25) is 5.02 Å². The first-order valence-corrected chi connectivity index (χ1v) is 8.47. The zero-order valence-electron chi connectivity index (χ0n) is 12.4. The van der Waals surface area contributed by atoms with E-state index in [-0.39, 0.29) is 17.9 Å². The molecule has 116 valence electrons. The third-order valence-electron chi connectivity index (χ3n) is 4.01. The van der Waals surface area contributed by atoms with Gasteiger partial charge >= 0.3 is 0 Å². The third-order valence-corrected chi connectivity index (χ3v) is 5.05. The predicted molar refractivity (Wildman–Crippen MR) is 90.4 cm³/mol. The first-order chi connectivity index (χ1) is 10.5. The second-order valence-corrected chi connectivity index (χ2v) is 7.09. The third kappa shape index (κ3) is 2.79. The number of aryl methyl sites for hydroxylation is 1. The minimum Gasteiger partial charge on any atom is -0.344 e. The van der Waals surface area contributed by atoms with Crippen molar-refractivity contribution < 1.29 is 4.79 Å².